The number of nitrogens with one attached hydrogen (secondary N) is 1. The molecule has 1 aromatic rings. The molecular weight excluding hydrogens is 226 g/mol. The summed E-state index contributed by atoms with van der Waals surface area (Å²) < 4.78 is 26.9. The van der Waals surface area contributed by atoms with Crippen LogP contribution in [0.15, 0.2) is 12.1 Å². The van der Waals surface area contributed by atoms with E-state index in [2.05, 4.69) is 5.32 Å². The van der Waals surface area contributed by atoms with E-state index in [0.29, 0.717) is 0 Å². The summed E-state index contributed by atoms with van der Waals surface area (Å²) in [6.45, 7) is 4.20. The first kappa shape index (κ1) is 13.1. The number of carbonyl (C=O) groups is 1. The minimum Gasteiger partial charge on any atom is -0.320 e. The number of benzene rings is 1. The summed E-state index contributed by atoms with van der Waals surface area (Å²) in [7, 11) is 0. The van der Waals surface area contributed by atoms with Crippen molar-refractivity contribution in [2.45, 2.75) is 20.8 Å². The monoisotopic (exact) mass is 238 g/mol. The minimum absolute atomic E-state index is 0.219. The molecule has 0 aliphatic rings. The molecule has 3 nitrogen and oxygen atoms in total. The summed E-state index contributed by atoms with van der Waals surface area (Å²) in [5, 5.41) is 10.8. The molecule has 0 bridgehead atoms. The van der Waals surface area contributed by atoms with Crippen LogP contribution in [0.2, 0.25) is 0 Å². The quantitative estimate of drug-likeness (QED) is 0.861. The van der Waals surface area contributed by atoms with Gasteiger partial charge in [-0.15, -0.1) is 0 Å². The van der Waals surface area contributed by atoms with E-state index in [0.717, 1.165) is 6.07 Å². The number of carbonyl (C=O) groups excluding carboxylic acids is 1. The maximum absolute atomic E-state index is 13.6. The molecule has 0 radical (unpaired) electrons. The highest BCUT2D eigenvalue weighted by molar-refractivity contribution is 5.96. The fraction of sp³-hybridized carbons (Fsp3) is 0.333. The van der Waals surface area contributed by atoms with Crippen LogP contribution in [0, 0.1) is 35.3 Å². The number of rotatable bonds is 2. The lowest BCUT2D eigenvalue weighted by Crippen LogP contribution is -2.30. The summed E-state index contributed by atoms with van der Waals surface area (Å²) >= 11 is 0. The van der Waals surface area contributed by atoms with Crippen LogP contribution in [-0.2, 0) is 4.79 Å². The molecule has 0 spiro atoms. The van der Waals surface area contributed by atoms with E-state index in [9.17, 15) is 13.6 Å². The molecular formula is C12H12F2N2O. The van der Waals surface area contributed by atoms with Gasteiger partial charge in [0.05, 0.1) is 6.07 Å². The Hall–Kier alpha value is -1.96. The van der Waals surface area contributed by atoms with Crippen molar-refractivity contribution in [1.29, 1.82) is 5.26 Å². The van der Waals surface area contributed by atoms with Crippen molar-refractivity contribution in [1.82, 2.24) is 0 Å². The maximum Gasteiger partial charge on any atom is 0.244 e. The van der Waals surface area contributed by atoms with Crippen LogP contribution >= 0.6 is 0 Å². The van der Waals surface area contributed by atoms with E-state index in [-0.39, 0.29) is 5.56 Å². The molecule has 0 atom stereocenters. The lowest BCUT2D eigenvalue weighted by atomic mass is 9.94. The average Bonchev–Trinajstić information content (AvgIpc) is 2.29. The predicted octanol–water partition coefficient (Wildman–Crippen LogP) is 2.76. The Kier molecular flexibility index (Phi) is 3.47. The van der Waals surface area contributed by atoms with E-state index in [1.54, 1.807) is 6.07 Å². The molecule has 17 heavy (non-hydrogen) atoms. The highest BCUT2D eigenvalue weighted by Gasteiger charge is 2.29. The van der Waals surface area contributed by atoms with Crippen molar-refractivity contribution in [2.75, 3.05) is 5.32 Å². The molecule has 1 rings (SSSR count). The third kappa shape index (κ3) is 2.59. The standard InChI is InChI=1S/C12H12F2N2O/c1-7-4-5-8(13)10(9(7)14)16-11(17)12(2,3)6-15/h4-5H,1-3H3,(H,16,17). The number of hydrogen-bond acceptors (Lipinski definition) is 2. The van der Waals surface area contributed by atoms with Crippen molar-refractivity contribution < 1.29 is 13.6 Å². The molecule has 0 unspecified atom stereocenters. The summed E-state index contributed by atoms with van der Waals surface area (Å²) in [6.07, 6.45) is 0. The molecule has 0 aliphatic carbocycles. The molecule has 5 heteroatoms. The number of aryl methyl sites for hydroxylation is 1. The summed E-state index contributed by atoms with van der Waals surface area (Å²) in [5.74, 6) is -2.44. The van der Waals surface area contributed by atoms with E-state index < -0.39 is 28.6 Å². The Bertz CT molecular complexity index is 504. The van der Waals surface area contributed by atoms with Crippen molar-refractivity contribution >= 4 is 11.6 Å². The molecule has 0 heterocycles. The van der Waals surface area contributed by atoms with Gasteiger partial charge in [-0.3, -0.25) is 4.79 Å². The fourth-order valence-electron chi connectivity index (χ4n) is 1.09. The van der Waals surface area contributed by atoms with Gasteiger partial charge in [0, 0.05) is 0 Å². The third-order valence-electron chi connectivity index (χ3n) is 2.37. The van der Waals surface area contributed by atoms with Gasteiger partial charge in [0.15, 0.2) is 5.82 Å². The Morgan fingerprint density at radius 2 is 2.00 bits per heavy atom. The zero-order valence-corrected chi connectivity index (χ0v) is 9.77. The smallest absolute Gasteiger partial charge is 0.244 e. The Balaban J connectivity index is 3.10. The first-order valence-corrected chi connectivity index (χ1v) is 4.97. The second-order valence-electron chi connectivity index (χ2n) is 4.24. The lowest BCUT2D eigenvalue weighted by Gasteiger charge is -2.16. The first-order valence-electron chi connectivity index (χ1n) is 4.97. The van der Waals surface area contributed by atoms with Crippen molar-refractivity contribution in [3.8, 4) is 6.07 Å². The van der Waals surface area contributed by atoms with Gasteiger partial charge in [-0.25, -0.2) is 8.78 Å². The molecule has 0 fully saturated rings. The van der Waals surface area contributed by atoms with Gasteiger partial charge in [-0.05, 0) is 32.4 Å². The molecule has 90 valence electrons. The zero-order chi connectivity index (χ0) is 13.2. The molecule has 0 aliphatic heterocycles. The molecule has 1 N–H and O–H groups in total. The molecule has 1 amide bonds. The topological polar surface area (TPSA) is 52.9 Å². The molecule has 1 aromatic carbocycles. The van der Waals surface area contributed by atoms with Gasteiger partial charge < -0.3 is 5.32 Å². The van der Waals surface area contributed by atoms with E-state index in [1.807, 2.05) is 0 Å². The Labute approximate surface area is 98.1 Å². The number of nitrogens with zero attached hydrogens (tertiary/aromatic N) is 1. The van der Waals surface area contributed by atoms with E-state index in [4.69, 9.17) is 5.26 Å². The van der Waals surface area contributed by atoms with Crippen LogP contribution in [0.4, 0.5) is 14.5 Å². The van der Waals surface area contributed by atoms with Crippen molar-refractivity contribution in [3.63, 3.8) is 0 Å². The van der Waals surface area contributed by atoms with E-state index >= 15 is 0 Å². The van der Waals surface area contributed by atoms with Crippen LogP contribution in [-0.4, -0.2) is 5.91 Å². The van der Waals surface area contributed by atoms with E-state index in [1.165, 1.54) is 26.8 Å². The maximum atomic E-state index is 13.6. The van der Waals surface area contributed by atoms with Gasteiger partial charge in [0.25, 0.3) is 0 Å². The lowest BCUT2D eigenvalue weighted by molar-refractivity contribution is -0.121. The highest BCUT2D eigenvalue weighted by atomic mass is 19.1. The van der Waals surface area contributed by atoms with Crippen LogP contribution in [0.3, 0.4) is 0 Å². The number of halogens is 2. The van der Waals surface area contributed by atoms with Gasteiger partial charge in [0.1, 0.15) is 16.9 Å². The Morgan fingerprint density at radius 3 is 2.53 bits per heavy atom. The number of amides is 1. The second kappa shape index (κ2) is 4.50. The van der Waals surface area contributed by atoms with Gasteiger partial charge in [0.2, 0.25) is 5.91 Å². The molecule has 0 saturated carbocycles. The summed E-state index contributed by atoms with van der Waals surface area (Å²) in [5.41, 5.74) is -1.64. The van der Waals surface area contributed by atoms with Gasteiger partial charge in [-0.1, -0.05) is 6.07 Å². The van der Waals surface area contributed by atoms with Gasteiger partial charge in [-0.2, -0.15) is 5.26 Å². The molecule has 0 saturated heterocycles. The van der Waals surface area contributed by atoms with Crippen LogP contribution in [0.5, 0.6) is 0 Å². The summed E-state index contributed by atoms with van der Waals surface area (Å²) in [6, 6.07) is 4.09. The zero-order valence-electron chi connectivity index (χ0n) is 9.77. The van der Waals surface area contributed by atoms with Crippen LogP contribution in [0.25, 0.3) is 0 Å². The first-order chi connectivity index (χ1) is 7.79. The van der Waals surface area contributed by atoms with Crippen molar-refractivity contribution in [2.24, 2.45) is 5.41 Å². The third-order valence-corrected chi connectivity index (χ3v) is 2.37. The van der Waals surface area contributed by atoms with Crippen LogP contribution in [0.1, 0.15) is 19.4 Å². The number of anilines is 1. The number of nitriles is 1. The average molecular weight is 238 g/mol. The SMILES string of the molecule is Cc1ccc(F)c(NC(=O)C(C)(C)C#N)c1F. The van der Waals surface area contributed by atoms with Gasteiger partial charge >= 0.3 is 0 Å². The number of hydrogen-bond donors (Lipinski definition) is 1. The predicted molar refractivity (Wildman–Crippen MR) is 59.1 cm³/mol. The summed E-state index contributed by atoms with van der Waals surface area (Å²) in [4.78, 5) is 11.6. The van der Waals surface area contributed by atoms with Crippen molar-refractivity contribution in [3.05, 3.63) is 29.3 Å². The van der Waals surface area contributed by atoms with Crippen LogP contribution < -0.4 is 5.32 Å². The normalized spacial score (nSPS) is 10.8. The largest absolute Gasteiger partial charge is 0.320 e. The fourth-order valence-corrected chi connectivity index (χ4v) is 1.09. The molecule has 0 aromatic heterocycles. The second-order valence-corrected chi connectivity index (χ2v) is 4.24. The Morgan fingerprint density at radius 1 is 1.41 bits per heavy atom. The highest BCUT2D eigenvalue weighted by Crippen LogP contribution is 2.24. The minimum atomic E-state index is -1.34.